The molecule has 0 atom stereocenters. The number of hydrogen-bond donors (Lipinski definition) is 1. The van der Waals surface area contributed by atoms with E-state index in [1.165, 1.54) is 17.7 Å². The molecule has 1 N–H and O–H groups in total. The van der Waals surface area contributed by atoms with Crippen molar-refractivity contribution in [1.82, 2.24) is 29.8 Å². The van der Waals surface area contributed by atoms with Crippen molar-refractivity contribution < 1.29 is 4.79 Å². The summed E-state index contributed by atoms with van der Waals surface area (Å²) >= 11 is 0. The van der Waals surface area contributed by atoms with Gasteiger partial charge in [-0.1, -0.05) is 0 Å². The molecule has 8 heteroatoms. The minimum atomic E-state index is 0.290. The average Bonchev–Trinajstić information content (AvgIpc) is 2.96. The molecule has 2 aliphatic heterocycles. The Hall–Kier alpha value is -2.09. The Balaban J connectivity index is 1.46. The summed E-state index contributed by atoms with van der Waals surface area (Å²) in [5, 5.41) is 7.97. The smallest absolute Gasteiger partial charge is 0.236 e. The van der Waals surface area contributed by atoms with Crippen LogP contribution < -0.4 is 5.32 Å². The first-order chi connectivity index (χ1) is 13.5. The van der Waals surface area contributed by atoms with Crippen molar-refractivity contribution >= 4 is 11.9 Å². The quantitative estimate of drug-likeness (QED) is 0.608. The van der Waals surface area contributed by atoms with E-state index in [-0.39, 0.29) is 5.91 Å². The van der Waals surface area contributed by atoms with Gasteiger partial charge in [0.25, 0.3) is 0 Å². The normalized spacial score (nSPS) is 19.2. The van der Waals surface area contributed by atoms with E-state index < -0.39 is 0 Å². The number of piperazine rings is 1. The molecule has 2 aliphatic rings. The van der Waals surface area contributed by atoms with Crippen LogP contribution in [0.4, 0.5) is 0 Å². The summed E-state index contributed by atoms with van der Waals surface area (Å²) in [6.07, 6.45) is 3.56. The molecule has 0 radical (unpaired) electrons. The zero-order chi connectivity index (χ0) is 20.1. The van der Waals surface area contributed by atoms with Gasteiger partial charge in [0.15, 0.2) is 5.96 Å². The fourth-order valence-corrected chi connectivity index (χ4v) is 4.13. The van der Waals surface area contributed by atoms with Crippen LogP contribution in [0, 0.1) is 13.8 Å². The van der Waals surface area contributed by atoms with Crippen LogP contribution in [0.2, 0.25) is 0 Å². The van der Waals surface area contributed by atoms with Crippen LogP contribution in [0.3, 0.4) is 0 Å². The van der Waals surface area contributed by atoms with Crippen LogP contribution >= 0.6 is 0 Å². The molecule has 3 heterocycles. The molecular weight excluding hydrogens is 354 g/mol. The molecule has 2 fully saturated rings. The van der Waals surface area contributed by atoms with Gasteiger partial charge in [0.1, 0.15) is 0 Å². The largest absolute Gasteiger partial charge is 0.352 e. The molecule has 2 saturated heterocycles. The van der Waals surface area contributed by atoms with Gasteiger partial charge >= 0.3 is 0 Å². The SMILES string of the molecule is CN=C(NCc1c(C)nn(C)c1C)N1CCN(CC(=O)N2CCCCC2)CC1. The number of aliphatic imine (C=N–C) groups is 1. The van der Waals surface area contributed by atoms with Crippen molar-refractivity contribution in [2.45, 2.75) is 39.7 Å². The average molecular weight is 390 g/mol. The van der Waals surface area contributed by atoms with Crippen molar-refractivity contribution in [3.63, 3.8) is 0 Å². The Kier molecular flexibility index (Phi) is 6.93. The minimum absolute atomic E-state index is 0.290. The van der Waals surface area contributed by atoms with E-state index in [9.17, 15) is 4.79 Å². The maximum atomic E-state index is 12.5. The number of carbonyl (C=O) groups excluding carboxylic acids is 1. The van der Waals surface area contributed by atoms with E-state index in [1.54, 1.807) is 0 Å². The van der Waals surface area contributed by atoms with Crippen LogP contribution in [-0.2, 0) is 18.4 Å². The number of nitrogens with zero attached hydrogens (tertiary/aromatic N) is 6. The third kappa shape index (κ3) is 4.84. The first-order valence-electron chi connectivity index (χ1n) is 10.4. The molecule has 1 aromatic heterocycles. The van der Waals surface area contributed by atoms with Gasteiger partial charge in [-0.15, -0.1) is 0 Å². The molecule has 0 aliphatic carbocycles. The van der Waals surface area contributed by atoms with E-state index >= 15 is 0 Å². The first kappa shape index (κ1) is 20.6. The van der Waals surface area contributed by atoms with Crippen LogP contribution in [0.1, 0.15) is 36.2 Å². The molecule has 0 spiro atoms. The number of rotatable bonds is 4. The second-order valence-electron chi connectivity index (χ2n) is 7.88. The second-order valence-corrected chi connectivity index (χ2v) is 7.88. The highest BCUT2D eigenvalue weighted by Gasteiger charge is 2.24. The van der Waals surface area contributed by atoms with Crippen molar-refractivity contribution in [2.75, 3.05) is 52.9 Å². The van der Waals surface area contributed by atoms with Crippen LogP contribution in [0.15, 0.2) is 4.99 Å². The molecular formula is C20H35N7O. The van der Waals surface area contributed by atoms with Crippen molar-refractivity contribution in [1.29, 1.82) is 0 Å². The predicted octanol–water partition coefficient (Wildman–Crippen LogP) is 0.742. The monoisotopic (exact) mass is 389 g/mol. The van der Waals surface area contributed by atoms with Crippen molar-refractivity contribution in [3.05, 3.63) is 17.0 Å². The fraction of sp³-hybridized carbons (Fsp3) is 0.750. The van der Waals surface area contributed by atoms with Gasteiger partial charge in [0, 0.05) is 71.2 Å². The fourth-order valence-electron chi connectivity index (χ4n) is 4.13. The zero-order valence-electron chi connectivity index (χ0n) is 17.9. The van der Waals surface area contributed by atoms with Gasteiger partial charge in [-0.2, -0.15) is 5.10 Å². The number of carbonyl (C=O) groups is 1. The highest BCUT2D eigenvalue weighted by molar-refractivity contribution is 5.80. The molecule has 1 aromatic rings. The summed E-state index contributed by atoms with van der Waals surface area (Å²) in [6, 6.07) is 0. The molecule has 0 saturated carbocycles. The number of nitrogens with one attached hydrogen (secondary N) is 1. The molecule has 3 rings (SSSR count). The highest BCUT2D eigenvalue weighted by atomic mass is 16.2. The maximum Gasteiger partial charge on any atom is 0.236 e. The molecule has 156 valence electrons. The Labute approximate surface area is 168 Å². The molecule has 8 nitrogen and oxygen atoms in total. The van der Waals surface area contributed by atoms with E-state index in [0.29, 0.717) is 6.54 Å². The topological polar surface area (TPSA) is 69.0 Å². The van der Waals surface area contributed by atoms with E-state index in [4.69, 9.17) is 0 Å². The molecule has 1 amide bonds. The number of guanidine groups is 1. The van der Waals surface area contributed by atoms with Crippen LogP contribution in [0.5, 0.6) is 0 Å². The summed E-state index contributed by atoms with van der Waals surface area (Å²) < 4.78 is 1.92. The lowest BCUT2D eigenvalue weighted by Gasteiger charge is -2.37. The number of aromatic nitrogens is 2. The molecule has 0 aromatic carbocycles. The molecule has 28 heavy (non-hydrogen) atoms. The van der Waals surface area contributed by atoms with Crippen molar-refractivity contribution in [2.24, 2.45) is 12.0 Å². The third-order valence-corrected chi connectivity index (χ3v) is 6.03. The van der Waals surface area contributed by atoms with E-state index in [2.05, 4.69) is 32.1 Å². The number of hydrogen-bond acceptors (Lipinski definition) is 4. The Morgan fingerprint density at radius 3 is 2.29 bits per heavy atom. The Bertz CT molecular complexity index is 698. The lowest BCUT2D eigenvalue weighted by molar-refractivity contribution is -0.133. The zero-order valence-corrected chi connectivity index (χ0v) is 17.9. The third-order valence-electron chi connectivity index (χ3n) is 6.03. The summed E-state index contributed by atoms with van der Waals surface area (Å²) in [7, 11) is 3.81. The predicted molar refractivity (Wildman–Crippen MR) is 111 cm³/mol. The highest BCUT2D eigenvalue weighted by Crippen LogP contribution is 2.12. The van der Waals surface area contributed by atoms with Crippen LogP contribution in [-0.4, -0.2) is 89.2 Å². The Morgan fingerprint density at radius 2 is 1.71 bits per heavy atom. The summed E-state index contributed by atoms with van der Waals surface area (Å²) in [5.41, 5.74) is 3.47. The maximum absolute atomic E-state index is 12.5. The minimum Gasteiger partial charge on any atom is -0.352 e. The standard InChI is InChI=1S/C20H35N7O/c1-16-18(17(2)24(4)23-16)14-22-20(21-3)27-12-10-25(11-13-27)15-19(28)26-8-6-5-7-9-26/h5-15H2,1-4H3,(H,21,22). The Morgan fingerprint density at radius 1 is 1.04 bits per heavy atom. The van der Waals surface area contributed by atoms with Crippen LogP contribution in [0.25, 0.3) is 0 Å². The molecule has 0 unspecified atom stereocenters. The number of likely N-dealkylation sites (tertiary alicyclic amines) is 1. The van der Waals surface area contributed by atoms with Gasteiger partial charge in [-0.05, 0) is 33.1 Å². The first-order valence-corrected chi connectivity index (χ1v) is 10.4. The number of piperidine rings is 1. The lowest BCUT2D eigenvalue weighted by Crippen LogP contribution is -2.54. The van der Waals surface area contributed by atoms with E-state index in [1.807, 2.05) is 30.6 Å². The number of amides is 1. The molecule has 0 bridgehead atoms. The van der Waals surface area contributed by atoms with Gasteiger partial charge < -0.3 is 15.1 Å². The second kappa shape index (κ2) is 9.41. The summed E-state index contributed by atoms with van der Waals surface area (Å²) in [6.45, 7) is 10.8. The van der Waals surface area contributed by atoms with Gasteiger partial charge in [0.05, 0.1) is 12.2 Å². The van der Waals surface area contributed by atoms with Gasteiger partial charge in [-0.3, -0.25) is 19.4 Å². The summed E-state index contributed by atoms with van der Waals surface area (Å²) in [5.74, 6) is 1.21. The summed E-state index contributed by atoms with van der Waals surface area (Å²) in [4.78, 5) is 23.5. The van der Waals surface area contributed by atoms with Crippen molar-refractivity contribution in [3.8, 4) is 0 Å². The lowest BCUT2D eigenvalue weighted by atomic mass is 10.1. The van der Waals surface area contributed by atoms with Gasteiger partial charge in [-0.25, -0.2) is 0 Å². The van der Waals surface area contributed by atoms with E-state index in [0.717, 1.165) is 70.3 Å². The van der Waals surface area contributed by atoms with Gasteiger partial charge in [0.2, 0.25) is 5.91 Å². The number of aryl methyl sites for hydroxylation is 2.